The van der Waals surface area contributed by atoms with Gasteiger partial charge in [-0.05, 0) is 0 Å². The first-order valence-electron chi connectivity index (χ1n) is 2.08. The number of rotatable bonds is 2. The highest BCUT2D eigenvalue weighted by atomic mass is 16.4. The molecular formula is C2H7B2NO2. The zero-order valence-electron chi connectivity index (χ0n) is 4.43. The van der Waals surface area contributed by atoms with Crippen LogP contribution < -0.4 is 5.23 Å². The fraction of sp³-hybridized carbons (Fsp3) is 0.500. The van der Waals surface area contributed by atoms with Crippen LogP contribution in [0.4, 0.5) is 0 Å². The number of hydrogen-bond acceptors (Lipinski definition) is 2. The van der Waals surface area contributed by atoms with Gasteiger partial charge in [-0.1, -0.05) is 0 Å². The molecule has 0 rings (SSSR count). The molecule has 0 aromatic carbocycles. The molecule has 0 amide bonds. The van der Waals surface area contributed by atoms with Crippen molar-refractivity contribution in [3.05, 3.63) is 0 Å². The number of carboxylic acid groups (broad SMARTS) is 1. The Morgan fingerprint density at radius 3 is 2.29 bits per heavy atom. The van der Waals surface area contributed by atoms with E-state index >= 15 is 0 Å². The van der Waals surface area contributed by atoms with Gasteiger partial charge in [0, 0.05) is 0 Å². The summed E-state index contributed by atoms with van der Waals surface area (Å²) in [6, 6.07) is 0. The molecule has 0 heterocycles. The molecule has 0 fully saturated rings. The van der Waals surface area contributed by atoms with Gasteiger partial charge in [-0.25, -0.2) is 0 Å². The summed E-state index contributed by atoms with van der Waals surface area (Å²) in [4.78, 5) is 9.87. The minimum atomic E-state index is -0.817. The van der Waals surface area contributed by atoms with Crippen molar-refractivity contribution in [2.24, 2.45) is 0 Å². The summed E-state index contributed by atoms with van der Waals surface area (Å²) in [5.74, 6) is -1.25. The van der Waals surface area contributed by atoms with Gasteiger partial charge in [0.15, 0.2) is 7.98 Å². The fourth-order valence-electron chi connectivity index (χ4n) is 0.123. The van der Waals surface area contributed by atoms with E-state index < -0.39 is 11.9 Å². The summed E-state index contributed by atoms with van der Waals surface area (Å²) in [7, 11) is 3.20. The normalized spacial score (nSPS) is 13.1. The molecule has 5 heteroatoms. The van der Waals surface area contributed by atoms with Crippen LogP contribution in [0.1, 0.15) is 0 Å². The van der Waals surface area contributed by atoms with Crippen molar-refractivity contribution in [3.63, 3.8) is 0 Å². The van der Waals surface area contributed by atoms with E-state index in [1.165, 1.54) is 0 Å². The van der Waals surface area contributed by atoms with Crippen LogP contribution in [0, 0.1) is 0 Å². The average molecular weight is 98.7 g/mol. The molecule has 0 aromatic rings. The molecule has 1 unspecified atom stereocenters. The standard InChI is InChI=1S/C2H7B2NO2/c3-1(5-4)2(6)7/h1,5H,3-4H2,(H,6,7). The Bertz CT molecular complexity index is 76.1. The van der Waals surface area contributed by atoms with Gasteiger partial charge in [0.05, 0.1) is 5.94 Å². The highest BCUT2D eigenvalue weighted by Crippen LogP contribution is 1.67. The highest BCUT2D eigenvalue weighted by Gasteiger charge is 2.04. The maximum atomic E-state index is 9.87. The Morgan fingerprint density at radius 1 is 1.86 bits per heavy atom. The molecule has 0 saturated heterocycles. The van der Waals surface area contributed by atoms with E-state index in [1.807, 2.05) is 0 Å². The maximum absolute atomic E-state index is 9.87. The molecule has 0 aliphatic rings. The first-order valence-corrected chi connectivity index (χ1v) is 2.08. The van der Waals surface area contributed by atoms with Crippen LogP contribution in [0.25, 0.3) is 0 Å². The molecule has 0 saturated carbocycles. The smallest absolute Gasteiger partial charge is 0.310 e. The molecule has 2 N–H and O–H groups in total. The molecule has 1 atom stereocenters. The van der Waals surface area contributed by atoms with Crippen molar-refractivity contribution < 1.29 is 9.90 Å². The number of aliphatic carboxylic acids is 1. The maximum Gasteiger partial charge on any atom is 0.310 e. The number of carbonyl (C=O) groups is 1. The third kappa shape index (κ3) is 2.28. The van der Waals surface area contributed by atoms with Crippen LogP contribution >= 0.6 is 0 Å². The van der Waals surface area contributed by atoms with Gasteiger partial charge in [0.2, 0.25) is 0 Å². The second-order valence-corrected chi connectivity index (χ2v) is 1.35. The SMILES string of the molecule is BNC(B)C(=O)O. The number of hydrogen-bond donors (Lipinski definition) is 2. The lowest BCUT2D eigenvalue weighted by Gasteiger charge is -1.99. The van der Waals surface area contributed by atoms with Crippen molar-refractivity contribution in [1.82, 2.24) is 5.23 Å². The van der Waals surface area contributed by atoms with E-state index in [0.717, 1.165) is 0 Å². The summed E-state index contributed by atoms with van der Waals surface area (Å²) < 4.78 is 0. The van der Waals surface area contributed by atoms with Crippen LogP contribution in [0.3, 0.4) is 0 Å². The molecule has 38 valence electrons. The lowest BCUT2D eigenvalue weighted by atomic mass is 9.95. The predicted molar refractivity (Wildman–Crippen MR) is 31.6 cm³/mol. The first-order chi connectivity index (χ1) is 3.18. The van der Waals surface area contributed by atoms with Crippen LogP contribution in [0.15, 0.2) is 0 Å². The van der Waals surface area contributed by atoms with Gasteiger partial charge < -0.3 is 10.3 Å². The second kappa shape index (κ2) is 2.69. The van der Waals surface area contributed by atoms with Crippen molar-refractivity contribution in [1.29, 1.82) is 0 Å². The zero-order chi connectivity index (χ0) is 5.86. The topological polar surface area (TPSA) is 49.3 Å². The second-order valence-electron chi connectivity index (χ2n) is 1.35. The molecule has 0 spiro atoms. The molecule has 7 heavy (non-hydrogen) atoms. The molecule has 0 aliphatic heterocycles. The summed E-state index contributed by atoms with van der Waals surface area (Å²) in [5, 5.41) is 10.7. The minimum Gasteiger partial charge on any atom is -0.481 e. The van der Waals surface area contributed by atoms with Gasteiger partial charge in [-0.3, -0.25) is 4.79 Å². The van der Waals surface area contributed by atoms with Crippen LogP contribution in [0.5, 0.6) is 0 Å². The molecule has 0 aromatic heterocycles. The summed E-state index contributed by atoms with van der Waals surface area (Å²) in [5.41, 5.74) is 0. The van der Waals surface area contributed by atoms with Crippen molar-refractivity contribution >= 4 is 21.8 Å². The van der Waals surface area contributed by atoms with Gasteiger partial charge in [0.1, 0.15) is 7.85 Å². The highest BCUT2D eigenvalue weighted by molar-refractivity contribution is 6.25. The lowest BCUT2D eigenvalue weighted by molar-refractivity contribution is -0.136. The number of nitrogens with one attached hydrogen (secondary N) is 1. The molecule has 0 aliphatic carbocycles. The Morgan fingerprint density at radius 2 is 2.29 bits per heavy atom. The summed E-state index contributed by atoms with van der Waals surface area (Å²) in [6.45, 7) is 0. The van der Waals surface area contributed by atoms with E-state index in [-0.39, 0.29) is 0 Å². The zero-order valence-corrected chi connectivity index (χ0v) is 4.43. The monoisotopic (exact) mass is 99.1 g/mol. The lowest BCUT2D eigenvalue weighted by Crippen LogP contribution is -2.34. The van der Waals surface area contributed by atoms with Crippen molar-refractivity contribution in [2.45, 2.75) is 5.94 Å². The largest absolute Gasteiger partial charge is 0.481 e. The van der Waals surface area contributed by atoms with E-state index in [0.29, 0.717) is 0 Å². The molecular weight excluding hydrogens is 91.7 g/mol. The third-order valence-corrected chi connectivity index (χ3v) is 0.803. The van der Waals surface area contributed by atoms with E-state index in [9.17, 15) is 4.79 Å². The first kappa shape index (κ1) is 6.56. The van der Waals surface area contributed by atoms with Gasteiger partial charge in [0.25, 0.3) is 0 Å². The summed E-state index contributed by atoms with van der Waals surface area (Å²) in [6.07, 6.45) is 0. The third-order valence-electron chi connectivity index (χ3n) is 0.803. The summed E-state index contributed by atoms with van der Waals surface area (Å²) >= 11 is 0. The fourth-order valence-corrected chi connectivity index (χ4v) is 0.123. The molecule has 0 bridgehead atoms. The Kier molecular flexibility index (Phi) is 2.52. The average Bonchev–Trinajstić information content (AvgIpc) is 1.65. The van der Waals surface area contributed by atoms with E-state index in [1.54, 1.807) is 15.8 Å². The molecule has 3 nitrogen and oxygen atoms in total. The van der Waals surface area contributed by atoms with E-state index in [4.69, 9.17) is 5.11 Å². The van der Waals surface area contributed by atoms with Crippen LogP contribution in [-0.2, 0) is 4.79 Å². The van der Waals surface area contributed by atoms with Crippen LogP contribution in [0.2, 0.25) is 0 Å². The predicted octanol–water partition coefficient (Wildman–Crippen LogP) is -2.83. The van der Waals surface area contributed by atoms with Gasteiger partial charge >= 0.3 is 5.97 Å². The molecule has 0 radical (unpaired) electrons. The minimum absolute atomic E-state index is 0.431. The van der Waals surface area contributed by atoms with Crippen LogP contribution in [-0.4, -0.2) is 32.8 Å². The van der Waals surface area contributed by atoms with Crippen molar-refractivity contribution in [2.75, 3.05) is 0 Å². The van der Waals surface area contributed by atoms with Crippen molar-refractivity contribution in [3.8, 4) is 0 Å². The van der Waals surface area contributed by atoms with Gasteiger partial charge in [-0.2, -0.15) is 0 Å². The van der Waals surface area contributed by atoms with E-state index in [2.05, 4.69) is 5.23 Å². The Labute approximate surface area is 43.9 Å². The van der Waals surface area contributed by atoms with Gasteiger partial charge in [-0.15, -0.1) is 0 Å². The quantitative estimate of drug-likeness (QED) is 0.366. The number of carboxylic acids is 1. The Hall–Kier alpha value is -0.440. The Balaban J connectivity index is 3.34.